The van der Waals surface area contributed by atoms with Gasteiger partial charge in [-0.3, -0.25) is 9.69 Å². The Kier molecular flexibility index (Phi) is 8.83. The van der Waals surface area contributed by atoms with Crippen molar-refractivity contribution in [1.82, 2.24) is 20.0 Å². The number of urea groups is 1. The number of ether oxygens (including phenoxy) is 1. The molecular formula is C20H38N4O3. The van der Waals surface area contributed by atoms with Crippen LogP contribution in [0.25, 0.3) is 0 Å². The predicted octanol–water partition coefficient (Wildman–Crippen LogP) is 1.78. The highest BCUT2D eigenvalue weighted by molar-refractivity contribution is 5.81. The Hall–Kier alpha value is -1.34. The minimum atomic E-state index is -0.267. The molecule has 2 atom stereocenters. The Bertz CT molecular complexity index is 468. The fourth-order valence-corrected chi connectivity index (χ4v) is 4.07. The third-order valence-corrected chi connectivity index (χ3v) is 5.64. The first-order valence-electron chi connectivity index (χ1n) is 10.6. The van der Waals surface area contributed by atoms with Crippen LogP contribution < -0.4 is 5.32 Å². The van der Waals surface area contributed by atoms with E-state index in [2.05, 4.69) is 37.9 Å². The SMILES string of the molecule is CCN(CC)C(CNC(=O)N1CCN(C(=O)C2CCCO2)CC1)CC(C)C. The number of hydrogen-bond donors (Lipinski definition) is 1. The monoisotopic (exact) mass is 382 g/mol. The number of nitrogens with zero attached hydrogens (tertiary/aromatic N) is 3. The summed E-state index contributed by atoms with van der Waals surface area (Å²) in [6.45, 7) is 14.5. The second-order valence-corrected chi connectivity index (χ2v) is 8.00. The van der Waals surface area contributed by atoms with Crippen LogP contribution in [0.5, 0.6) is 0 Å². The summed E-state index contributed by atoms with van der Waals surface area (Å²) < 4.78 is 5.49. The predicted molar refractivity (Wildman–Crippen MR) is 107 cm³/mol. The molecule has 2 unspecified atom stereocenters. The summed E-state index contributed by atoms with van der Waals surface area (Å²) in [6.07, 6.45) is 2.59. The van der Waals surface area contributed by atoms with Crippen molar-refractivity contribution < 1.29 is 14.3 Å². The zero-order valence-corrected chi connectivity index (χ0v) is 17.6. The lowest BCUT2D eigenvalue weighted by Gasteiger charge is -2.36. The van der Waals surface area contributed by atoms with Gasteiger partial charge in [0.25, 0.3) is 5.91 Å². The van der Waals surface area contributed by atoms with Gasteiger partial charge < -0.3 is 19.9 Å². The summed E-state index contributed by atoms with van der Waals surface area (Å²) >= 11 is 0. The lowest BCUT2D eigenvalue weighted by Crippen LogP contribution is -2.56. The Morgan fingerprint density at radius 3 is 2.26 bits per heavy atom. The van der Waals surface area contributed by atoms with E-state index in [1.807, 2.05) is 9.80 Å². The molecule has 2 aliphatic heterocycles. The van der Waals surface area contributed by atoms with Gasteiger partial charge in [0.1, 0.15) is 6.10 Å². The second-order valence-electron chi connectivity index (χ2n) is 8.00. The van der Waals surface area contributed by atoms with Crippen LogP contribution in [0, 0.1) is 5.92 Å². The number of hydrogen-bond acceptors (Lipinski definition) is 4. The van der Waals surface area contributed by atoms with Crippen LogP contribution in [-0.2, 0) is 9.53 Å². The molecule has 27 heavy (non-hydrogen) atoms. The summed E-state index contributed by atoms with van der Waals surface area (Å²) in [4.78, 5) is 31.1. The van der Waals surface area contributed by atoms with E-state index < -0.39 is 0 Å². The van der Waals surface area contributed by atoms with Crippen LogP contribution >= 0.6 is 0 Å². The third-order valence-electron chi connectivity index (χ3n) is 5.64. The van der Waals surface area contributed by atoms with Crippen LogP contribution in [0.1, 0.15) is 47.0 Å². The first-order chi connectivity index (χ1) is 13.0. The van der Waals surface area contributed by atoms with E-state index in [1.165, 1.54) is 0 Å². The topological polar surface area (TPSA) is 65.1 Å². The van der Waals surface area contributed by atoms with Crippen molar-refractivity contribution in [2.75, 3.05) is 52.4 Å². The van der Waals surface area contributed by atoms with E-state index in [1.54, 1.807) is 0 Å². The van der Waals surface area contributed by atoms with Gasteiger partial charge in [0.2, 0.25) is 0 Å². The molecule has 2 rings (SSSR count). The van der Waals surface area contributed by atoms with Crippen molar-refractivity contribution in [3.8, 4) is 0 Å². The molecule has 2 fully saturated rings. The van der Waals surface area contributed by atoms with E-state index in [4.69, 9.17) is 4.74 Å². The summed E-state index contributed by atoms with van der Waals surface area (Å²) in [7, 11) is 0. The molecule has 3 amide bonds. The highest BCUT2D eigenvalue weighted by atomic mass is 16.5. The first-order valence-corrected chi connectivity index (χ1v) is 10.6. The van der Waals surface area contributed by atoms with E-state index in [0.717, 1.165) is 32.4 Å². The molecule has 7 nitrogen and oxygen atoms in total. The minimum Gasteiger partial charge on any atom is -0.368 e. The number of rotatable bonds is 8. The molecule has 7 heteroatoms. The third kappa shape index (κ3) is 6.35. The summed E-state index contributed by atoms with van der Waals surface area (Å²) in [5.74, 6) is 0.686. The van der Waals surface area contributed by atoms with Crippen molar-refractivity contribution >= 4 is 11.9 Å². The molecule has 0 spiro atoms. The van der Waals surface area contributed by atoms with Gasteiger partial charge in [-0.15, -0.1) is 0 Å². The molecule has 0 bridgehead atoms. The van der Waals surface area contributed by atoms with Crippen LogP contribution in [0.15, 0.2) is 0 Å². The molecule has 2 heterocycles. The van der Waals surface area contributed by atoms with Gasteiger partial charge in [0.05, 0.1) is 0 Å². The lowest BCUT2D eigenvalue weighted by atomic mass is 10.0. The van der Waals surface area contributed by atoms with Gasteiger partial charge in [-0.25, -0.2) is 4.79 Å². The van der Waals surface area contributed by atoms with E-state index in [0.29, 0.717) is 51.3 Å². The Morgan fingerprint density at radius 2 is 1.74 bits per heavy atom. The second kappa shape index (κ2) is 10.9. The van der Waals surface area contributed by atoms with Crippen molar-refractivity contribution in [3.05, 3.63) is 0 Å². The molecule has 2 saturated heterocycles. The molecule has 0 aromatic heterocycles. The van der Waals surface area contributed by atoms with Crippen LogP contribution in [0.4, 0.5) is 4.79 Å². The number of piperazine rings is 1. The molecule has 0 aromatic rings. The fraction of sp³-hybridized carbons (Fsp3) is 0.900. The molecule has 156 valence electrons. The summed E-state index contributed by atoms with van der Waals surface area (Å²) in [5.41, 5.74) is 0. The van der Waals surface area contributed by atoms with Gasteiger partial charge in [0, 0.05) is 45.4 Å². The standard InChI is InChI=1S/C20H38N4O3/c1-5-22(6-2)17(14-16(3)4)15-21-20(26)24-11-9-23(10-12-24)19(25)18-8-7-13-27-18/h16-18H,5-15H2,1-4H3,(H,21,26). The van der Waals surface area contributed by atoms with Crippen LogP contribution in [0.2, 0.25) is 0 Å². The number of amides is 3. The molecule has 1 N–H and O–H groups in total. The zero-order valence-electron chi connectivity index (χ0n) is 17.6. The number of carbonyl (C=O) groups is 2. The quantitative estimate of drug-likeness (QED) is 0.695. The Balaban J connectivity index is 1.78. The molecule has 0 radical (unpaired) electrons. The molecule has 0 aromatic carbocycles. The smallest absolute Gasteiger partial charge is 0.317 e. The highest BCUT2D eigenvalue weighted by Crippen LogP contribution is 2.16. The normalized spacial score (nSPS) is 21.8. The maximum Gasteiger partial charge on any atom is 0.317 e. The number of nitrogens with one attached hydrogen (secondary N) is 1. The van der Waals surface area contributed by atoms with E-state index >= 15 is 0 Å². The largest absolute Gasteiger partial charge is 0.368 e. The molecule has 2 aliphatic rings. The average Bonchev–Trinajstić information content (AvgIpc) is 3.20. The maximum atomic E-state index is 12.6. The molecular weight excluding hydrogens is 344 g/mol. The fourth-order valence-electron chi connectivity index (χ4n) is 4.07. The Morgan fingerprint density at radius 1 is 1.11 bits per heavy atom. The lowest BCUT2D eigenvalue weighted by molar-refractivity contribution is -0.142. The van der Waals surface area contributed by atoms with E-state index in [-0.39, 0.29) is 18.0 Å². The summed E-state index contributed by atoms with van der Waals surface area (Å²) in [6, 6.07) is 0.353. The number of likely N-dealkylation sites (N-methyl/N-ethyl adjacent to an activating group) is 1. The van der Waals surface area contributed by atoms with Crippen molar-refractivity contribution in [3.63, 3.8) is 0 Å². The van der Waals surface area contributed by atoms with Gasteiger partial charge >= 0.3 is 6.03 Å². The van der Waals surface area contributed by atoms with Crippen molar-refractivity contribution in [1.29, 1.82) is 0 Å². The first kappa shape index (κ1) is 22.0. The van der Waals surface area contributed by atoms with Gasteiger partial charge in [-0.05, 0) is 38.3 Å². The van der Waals surface area contributed by atoms with Crippen molar-refractivity contribution in [2.45, 2.75) is 59.1 Å². The highest BCUT2D eigenvalue weighted by Gasteiger charge is 2.31. The molecule has 0 saturated carbocycles. The zero-order chi connectivity index (χ0) is 19.8. The van der Waals surface area contributed by atoms with E-state index in [9.17, 15) is 9.59 Å². The maximum absolute atomic E-state index is 12.6. The Labute approximate surface area is 164 Å². The van der Waals surface area contributed by atoms with Gasteiger partial charge in [0.15, 0.2) is 0 Å². The van der Waals surface area contributed by atoms with Crippen molar-refractivity contribution in [2.24, 2.45) is 5.92 Å². The number of carbonyl (C=O) groups excluding carboxylic acids is 2. The van der Waals surface area contributed by atoms with Gasteiger partial charge in [-0.2, -0.15) is 0 Å². The van der Waals surface area contributed by atoms with Crippen LogP contribution in [-0.4, -0.2) is 91.2 Å². The van der Waals surface area contributed by atoms with Gasteiger partial charge in [-0.1, -0.05) is 27.7 Å². The molecule has 0 aliphatic carbocycles. The summed E-state index contributed by atoms with van der Waals surface area (Å²) in [5, 5.41) is 3.12. The minimum absolute atomic E-state index is 0.0138. The average molecular weight is 383 g/mol. The van der Waals surface area contributed by atoms with Crippen LogP contribution in [0.3, 0.4) is 0 Å².